The van der Waals surface area contributed by atoms with Gasteiger partial charge in [0.25, 0.3) is 0 Å². The molecule has 2 aromatic rings. The molecular weight excluding hydrogens is 282 g/mol. The van der Waals surface area contributed by atoms with E-state index in [1.54, 1.807) is 25.4 Å². The highest BCUT2D eigenvalue weighted by Gasteiger charge is 2.03. The first-order valence-electron chi connectivity index (χ1n) is 6.97. The molecule has 112 valence electrons. The molecule has 0 aliphatic heterocycles. The van der Waals surface area contributed by atoms with E-state index in [0.29, 0.717) is 6.54 Å². The molecule has 0 aliphatic rings. The van der Waals surface area contributed by atoms with Gasteiger partial charge in [-0.15, -0.1) is 11.3 Å². The first-order chi connectivity index (χ1) is 10.2. The monoisotopic (exact) mass is 303 g/mol. The fraction of sp³-hybridized carbons (Fsp3) is 0.312. The fourth-order valence-corrected chi connectivity index (χ4v) is 2.84. The van der Waals surface area contributed by atoms with Crippen LogP contribution in [0.1, 0.15) is 4.88 Å². The molecule has 0 spiro atoms. The van der Waals surface area contributed by atoms with Crippen LogP contribution in [0.5, 0.6) is 0 Å². The predicted molar refractivity (Wildman–Crippen MR) is 88.5 cm³/mol. The van der Waals surface area contributed by atoms with E-state index in [-0.39, 0.29) is 6.03 Å². The summed E-state index contributed by atoms with van der Waals surface area (Å²) < 4.78 is 0. The summed E-state index contributed by atoms with van der Waals surface area (Å²) in [5.41, 5.74) is 1.26. The minimum absolute atomic E-state index is 0.0562. The third kappa shape index (κ3) is 4.88. The van der Waals surface area contributed by atoms with Crippen molar-refractivity contribution in [3.63, 3.8) is 0 Å². The van der Waals surface area contributed by atoms with Crippen LogP contribution in [-0.2, 0) is 6.54 Å². The highest BCUT2D eigenvalue weighted by molar-refractivity contribution is 7.15. The molecule has 0 bridgehead atoms. The zero-order chi connectivity index (χ0) is 15.1. The molecule has 2 amide bonds. The van der Waals surface area contributed by atoms with E-state index in [4.69, 9.17) is 0 Å². The number of carbonyl (C=O) groups is 1. The van der Waals surface area contributed by atoms with E-state index in [2.05, 4.69) is 47.0 Å². The van der Waals surface area contributed by atoms with Crippen LogP contribution >= 0.6 is 11.3 Å². The molecule has 5 heteroatoms. The van der Waals surface area contributed by atoms with E-state index in [1.807, 2.05) is 6.07 Å². The number of carbonyl (C=O) groups excluding carboxylic acids is 1. The van der Waals surface area contributed by atoms with Gasteiger partial charge in [0.2, 0.25) is 0 Å². The van der Waals surface area contributed by atoms with Crippen molar-refractivity contribution in [3.05, 3.63) is 47.3 Å². The highest BCUT2D eigenvalue weighted by atomic mass is 32.1. The molecule has 0 saturated carbocycles. The van der Waals surface area contributed by atoms with E-state index in [9.17, 15) is 4.79 Å². The van der Waals surface area contributed by atoms with Gasteiger partial charge < -0.3 is 15.5 Å². The van der Waals surface area contributed by atoms with Crippen molar-refractivity contribution in [2.24, 2.45) is 0 Å². The summed E-state index contributed by atoms with van der Waals surface area (Å²) >= 11 is 1.80. The van der Waals surface area contributed by atoms with Gasteiger partial charge in [-0.25, -0.2) is 4.79 Å². The van der Waals surface area contributed by atoms with Crippen LogP contribution in [0, 0.1) is 0 Å². The molecule has 0 saturated heterocycles. The Hall–Kier alpha value is -1.85. The van der Waals surface area contributed by atoms with Gasteiger partial charge in [-0.1, -0.05) is 30.3 Å². The molecule has 1 aromatic carbocycles. The van der Waals surface area contributed by atoms with Crippen molar-refractivity contribution in [2.75, 3.05) is 27.2 Å². The Kier molecular flexibility index (Phi) is 5.78. The maximum atomic E-state index is 11.3. The molecular formula is C16H21N3OS. The second-order valence-electron chi connectivity index (χ2n) is 4.94. The lowest BCUT2D eigenvalue weighted by Crippen LogP contribution is -2.38. The lowest BCUT2D eigenvalue weighted by atomic mass is 10.2. The van der Waals surface area contributed by atoms with Crippen LogP contribution in [0.4, 0.5) is 4.79 Å². The number of urea groups is 1. The van der Waals surface area contributed by atoms with Gasteiger partial charge in [-0.2, -0.15) is 0 Å². The van der Waals surface area contributed by atoms with Gasteiger partial charge in [-0.05, 0) is 17.7 Å². The van der Waals surface area contributed by atoms with Gasteiger partial charge in [-0.3, -0.25) is 0 Å². The lowest BCUT2D eigenvalue weighted by molar-refractivity contribution is 0.217. The molecule has 1 aromatic heterocycles. The van der Waals surface area contributed by atoms with Crippen molar-refractivity contribution in [3.8, 4) is 10.4 Å². The Bertz CT molecular complexity index is 566. The third-order valence-electron chi connectivity index (χ3n) is 3.00. The van der Waals surface area contributed by atoms with Gasteiger partial charge in [0.1, 0.15) is 0 Å². The molecule has 0 atom stereocenters. The van der Waals surface area contributed by atoms with Gasteiger partial charge in [0, 0.05) is 43.5 Å². The summed E-state index contributed by atoms with van der Waals surface area (Å²) in [6.07, 6.45) is 0. The molecule has 21 heavy (non-hydrogen) atoms. The van der Waals surface area contributed by atoms with Gasteiger partial charge >= 0.3 is 6.03 Å². The molecule has 2 N–H and O–H groups in total. The van der Waals surface area contributed by atoms with Crippen LogP contribution in [-0.4, -0.2) is 38.1 Å². The Balaban J connectivity index is 1.73. The number of benzene rings is 1. The summed E-state index contributed by atoms with van der Waals surface area (Å²) in [7, 11) is 3.47. The van der Waals surface area contributed by atoms with E-state index in [1.165, 1.54) is 20.2 Å². The number of nitrogens with zero attached hydrogens (tertiary/aromatic N) is 1. The zero-order valence-electron chi connectivity index (χ0n) is 12.4. The van der Waals surface area contributed by atoms with Crippen molar-refractivity contribution < 1.29 is 4.79 Å². The molecule has 1 heterocycles. The Labute approximate surface area is 129 Å². The standard InChI is InChI=1S/C16H21N3OS/c1-19(2)16(20)18-11-10-17-12-14-8-9-15(21-14)13-6-4-3-5-7-13/h3-9,17H,10-12H2,1-2H3,(H,18,20). The summed E-state index contributed by atoms with van der Waals surface area (Å²) in [5, 5.41) is 6.17. The van der Waals surface area contributed by atoms with E-state index in [0.717, 1.165) is 13.1 Å². The predicted octanol–water partition coefficient (Wildman–Crippen LogP) is 2.78. The number of hydrogen-bond donors (Lipinski definition) is 2. The topological polar surface area (TPSA) is 44.4 Å². The lowest BCUT2D eigenvalue weighted by Gasteiger charge is -2.11. The molecule has 2 rings (SSSR count). The first-order valence-corrected chi connectivity index (χ1v) is 7.78. The number of rotatable bonds is 6. The molecule has 0 aliphatic carbocycles. The van der Waals surface area contributed by atoms with Crippen LogP contribution in [0.2, 0.25) is 0 Å². The average molecular weight is 303 g/mol. The summed E-state index contributed by atoms with van der Waals surface area (Å²) in [4.78, 5) is 15.4. The zero-order valence-corrected chi connectivity index (χ0v) is 13.2. The summed E-state index contributed by atoms with van der Waals surface area (Å²) in [6, 6.07) is 14.6. The van der Waals surface area contributed by atoms with Crippen molar-refractivity contribution >= 4 is 17.4 Å². The molecule has 0 fully saturated rings. The van der Waals surface area contributed by atoms with Crippen LogP contribution in [0.3, 0.4) is 0 Å². The van der Waals surface area contributed by atoms with Crippen LogP contribution < -0.4 is 10.6 Å². The number of nitrogens with one attached hydrogen (secondary N) is 2. The number of hydrogen-bond acceptors (Lipinski definition) is 3. The average Bonchev–Trinajstić information content (AvgIpc) is 2.96. The van der Waals surface area contributed by atoms with E-state index >= 15 is 0 Å². The quantitative estimate of drug-likeness (QED) is 0.806. The highest BCUT2D eigenvalue weighted by Crippen LogP contribution is 2.27. The Morgan fingerprint density at radius 3 is 2.57 bits per heavy atom. The number of amides is 2. The molecule has 0 unspecified atom stereocenters. The van der Waals surface area contributed by atoms with E-state index < -0.39 is 0 Å². The van der Waals surface area contributed by atoms with Gasteiger partial charge in [0.15, 0.2) is 0 Å². The number of thiophene rings is 1. The van der Waals surface area contributed by atoms with Crippen LogP contribution in [0.15, 0.2) is 42.5 Å². The van der Waals surface area contributed by atoms with Crippen molar-refractivity contribution in [1.82, 2.24) is 15.5 Å². The minimum atomic E-state index is -0.0562. The Morgan fingerprint density at radius 1 is 1.10 bits per heavy atom. The fourth-order valence-electron chi connectivity index (χ4n) is 1.86. The third-order valence-corrected chi connectivity index (χ3v) is 4.14. The SMILES string of the molecule is CN(C)C(=O)NCCNCc1ccc(-c2ccccc2)s1. The maximum Gasteiger partial charge on any atom is 0.316 e. The first kappa shape index (κ1) is 15.5. The summed E-state index contributed by atoms with van der Waals surface area (Å²) in [5.74, 6) is 0. The maximum absolute atomic E-state index is 11.3. The Morgan fingerprint density at radius 2 is 1.86 bits per heavy atom. The largest absolute Gasteiger partial charge is 0.337 e. The normalized spacial score (nSPS) is 10.4. The minimum Gasteiger partial charge on any atom is -0.337 e. The molecule has 4 nitrogen and oxygen atoms in total. The van der Waals surface area contributed by atoms with Gasteiger partial charge in [0.05, 0.1) is 0 Å². The van der Waals surface area contributed by atoms with Crippen molar-refractivity contribution in [1.29, 1.82) is 0 Å². The van der Waals surface area contributed by atoms with Crippen LogP contribution in [0.25, 0.3) is 10.4 Å². The van der Waals surface area contributed by atoms with Crippen molar-refractivity contribution in [2.45, 2.75) is 6.54 Å². The second kappa shape index (κ2) is 7.81. The summed E-state index contributed by atoms with van der Waals surface area (Å²) in [6.45, 7) is 2.22. The second-order valence-corrected chi connectivity index (χ2v) is 6.10. The molecule has 0 radical (unpaired) electrons. The smallest absolute Gasteiger partial charge is 0.316 e.